The molecule has 3 rings (SSSR count). The molecular weight excluding hydrogens is 296 g/mol. The molecule has 0 saturated carbocycles. The Labute approximate surface area is 136 Å². The van der Waals surface area contributed by atoms with Crippen molar-refractivity contribution >= 4 is 17.4 Å². The first-order valence-corrected chi connectivity index (χ1v) is 9.02. The number of aromatic nitrogens is 1. The van der Waals surface area contributed by atoms with E-state index in [1.54, 1.807) is 11.3 Å². The van der Waals surface area contributed by atoms with E-state index in [0.29, 0.717) is 18.5 Å². The summed E-state index contributed by atoms with van der Waals surface area (Å²) in [6, 6.07) is 0.509. The first-order valence-electron chi connectivity index (χ1n) is 8.20. The van der Waals surface area contributed by atoms with Gasteiger partial charge in [0.15, 0.2) is 0 Å². The third-order valence-corrected chi connectivity index (χ3v) is 6.07. The fraction of sp³-hybridized carbons (Fsp3) is 0.750. The highest BCUT2D eigenvalue weighted by molar-refractivity contribution is 7.11. The number of amides is 2. The lowest BCUT2D eigenvalue weighted by Crippen LogP contribution is -2.57. The van der Waals surface area contributed by atoms with Gasteiger partial charge in [0.2, 0.25) is 0 Å². The zero-order valence-electron chi connectivity index (χ0n) is 13.8. The van der Waals surface area contributed by atoms with Gasteiger partial charge in [0.1, 0.15) is 5.01 Å². The maximum absolute atomic E-state index is 12.6. The SMILES string of the molecule is Cc1nc(CNC(=O)N2CCC[C@H]3CN(C)CC[C@H]32)sc1C. The van der Waals surface area contributed by atoms with Crippen LogP contribution < -0.4 is 5.32 Å². The molecule has 122 valence electrons. The lowest BCUT2D eigenvalue weighted by Gasteiger charge is -2.46. The van der Waals surface area contributed by atoms with E-state index in [1.165, 1.54) is 11.3 Å². The van der Waals surface area contributed by atoms with Crippen molar-refractivity contribution in [1.82, 2.24) is 20.1 Å². The third kappa shape index (κ3) is 3.27. The number of piperidine rings is 2. The summed E-state index contributed by atoms with van der Waals surface area (Å²) >= 11 is 1.68. The zero-order valence-corrected chi connectivity index (χ0v) is 14.6. The number of urea groups is 1. The number of nitrogens with zero attached hydrogens (tertiary/aromatic N) is 3. The molecule has 22 heavy (non-hydrogen) atoms. The number of carbonyl (C=O) groups excluding carboxylic acids is 1. The Kier molecular flexibility index (Phi) is 4.68. The topological polar surface area (TPSA) is 48.5 Å². The molecule has 2 atom stereocenters. The number of hydrogen-bond donors (Lipinski definition) is 1. The molecule has 0 aliphatic carbocycles. The van der Waals surface area contributed by atoms with E-state index in [2.05, 4.69) is 34.1 Å². The number of rotatable bonds is 2. The van der Waals surface area contributed by atoms with Gasteiger partial charge in [0.25, 0.3) is 0 Å². The Morgan fingerprint density at radius 2 is 2.18 bits per heavy atom. The van der Waals surface area contributed by atoms with Gasteiger partial charge in [-0.25, -0.2) is 9.78 Å². The van der Waals surface area contributed by atoms with Gasteiger partial charge in [-0.15, -0.1) is 11.3 Å². The van der Waals surface area contributed by atoms with Gasteiger partial charge < -0.3 is 15.1 Å². The van der Waals surface area contributed by atoms with Crippen LogP contribution in [0.25, 0.3) is 0 Å². The van der Waals surface area contributed by atoms with Crippen LogP contribution in [0.5, 0.6) is 0 Å². The molecule has 0 radical (unpaired) electrons. The van der Waals surface area contributed by atoms with Crippen LogP contribution in [0.3, 0.4) is 0 Å². The van der Waals surface area contributed by atoms with Gasteiger partial charge in [0, 0.05) is 24.0 Å². The van der Waals surface area contributed by atoms with Crippen molar-refractivity contribution in [2.45, 2.75) is 45.7 Å². The van der Waals surface area contributed by atoms with Crippen molar-refractivity contribution in [2.75, 3.05) is 26.7 Å². The van der Waals surface area contributed by atoms with Crippen LogP contribution in [0, 0.1) is 19.8 Å². The minimum absolute atomic E-state index is 0.0877. The number of carbonyl (C=O) groups is 1. The molecule has 3 heterocycles. The number of aryl methyl sites for hydroxylation is 2. The van der Waals surface area contributed by atoms with Crippen LogP contribution in [-0.2, 0) is 6.54 Å². The molecule has 2 amide bonds. The average molecular weight is 322 g/mol. The molecule has 0 aromatic carbocycles. The van der Waals surface area contributed by atoms with E-state index in [-0.39, 0.29) is 6.03 Å². The van der Waals surface area contributed by atoms with E-state index in [1.807, 2.05) is 6.92 Å². The number of likely N-dealkylation sites (tertiary alicyclic amines) is 2. The maximum Gasteiger partial charge on any atom is 0.318 e. The molecule has 0 bridgehead atoms. The highest BCUT2D eigenvalue weighted by Gasteiger charge is 2.37. The Hall–Kier alpha value is -1.14. The number of nitrogens with one attached hydrogen (secondary N) is 1. The Morgan fingerprint density at radius 3 is 2.91 bits per heavy atom. The first-order chi connectivity index (χ1) is 10.5. The van der Waals surface area contributed by atoms with Crippen LogP contribution >= 0.6 is 11.3 Å². The summed E-state index contributed by atoms with van der Waals surface area (Å²) in [5.74, 6) is 0.641. The lowest BCUT2D eigenvalue weighted by molar-refractivity contribution is 0.0532. The minimum Gasteiger partial charge on any atom is -0.331 e. The summed E-state index contributed by atoms with van der Waals surface area (Å²) in [5.41, 5.74) is 1.07. The van der Waals surface area contributed by atoms with E-state index in [4.69, 9.17) is 0 Å². The third-order valence-electron chi connectivity index (χ3n) is 5.00. The highest BCUT2D eigenvalue weighted by Crippen LogP contribution is 2.30. The van der Waals surface area contributed by atoms with Gasteiger partial charge in [0.05, 0.1) is 12.2 Å². The second-order valence-corrected chi connectivity index (χ2v) is 7.91. The predicted molar refractivity (Wildman–Crippen MR) is 89.2 cm³/mol. The first kappa shape index (κ1) is 15.7. The fourth-order valence-corrected chi connectivity index (χ4v) is 4.58. The molecular formula is C16H26N4OS. The van der Waals surface area contributed by atoms with E-state index < -0.39 is 0 Å². The van der Waals surface area contributed by atoms with Gasteiger partial charge in [-0.05, 0) is 52.6 Å². The monoisotopic (exact) mass is 322 g/mol. The summed E-state index contributed by atoms with van der Waals surface area (Å²) in [6.45, 7) is 7.75. The minimum atomic E-state index is 0.0877. The smallest absolute Gasteiger partial charge is 0.318 e. The number of hydrogen-bond acceptors (Lipinski definition) is 4. The molecule has 5 nitrogen and oxygen atoms in total. The second-order valence-electron chi connectivity index (χ2n) is 6.62. The molecule has 1 N–H and O–H groups in total. The van der Waals surface area contributed by atoms with E-state index in [0.717, 1.165) is 43.2 Å². The van der Waals surface area contributed by atoms with Crippen molar-refractivity contribution < 1.29 is 4.79 Å². The van der Waals surface area contributed by atoms with Crippen molar-refractivity contribution in [3.05, 3.63) is 15.6 Å². The number of fused-ring (bicyclic) bond motifs is 1. The van der Waals surface area contributed by atoms with Crippen LogP contribution in [0.1, 0.15) is 34.8 Å². The second kappa shape index (κ2) is 6.54. The lowest BCUT2D eigenvalue weighted by atomic mass is 9.84. The summed E-state index contributed by atoms with van der Waals surface area (Å²) in [7, 11) is 2.18. The van der Waals surface area contributed by atoms with E-state index >= 15 is 0 Å². The van der Waals surface area contributed by atoms with Crippen molar-refractivity contribution in [2.24, 2.45) is 5.92 Å². The Morgan fingerprint density at radius 1 is 1.36 bits per heavy atom. The molecule has 6 heteroatoms. The summed E-state index contributed by atoms with van der Waals surface area (Å²) in [5, 5.41) is 4.08. The molecule has 1 aromatic rings. The largest absolute Gasteiger partial charge is 0.331 e. The molecule has 1 aromatic heterocycles. The summed E-state index contributed by atoms with van der Waals surface area (Å²) in [4.78, 5) is 22.8. The van der Waals surface area contributed by atoms with Gasteiger partial charge in [-0.3, -0.25) is 0 Å². The molecule has 2 saturated heterocycles. The normalized spacial score (nSPS) is 25.9. The van der Waals surface area contributed by atoms with Gasteiger partial charge in [-0.2, -0.15) is 0 Å². The molecule has 2 aliphatic rings. The molecule has 2 fully saturated rings. The highest BCUT2D eigenvalue weighted by atomic mass is 32.1. The average Bonchev–Trinajstić information content (AvgIpc) is 2.82. The summed E-state index contributed by atoms with van der Waals surface area (Å²) < 4.78 is 0. The Bertz CT molecular complexity index is 525. The standard InChI is InChI=1S/C16H26N4OS/c1-11-12(2)22-15(18-11)9-17-16(21)20-7-4-5-13-10-19(3)8-6-14(13)20/h13-14H,4-10H2,1-3H3,(H,17,21)/t13-,14+/m0/s1. The maximum atomic E-state index is 12.6. The zero-order chi connectivity index (χ0) is 15.7. The van der Waals surface area contributed by atoms with Crippen LogP contribution in [-0.4, -0.2) is 53.5 Å². The predicted octanol–water partition coefficient (Wildman–Crippen LogP) is 2.39. The molecule has 0 spiro atoms. The van der Waals surface area contributed by atoms with Gasteiger partial charge in [-0.1, -0.05) is 0 Å². The van der Waals surface area contributed by atoms with Gasteiger partial charge >= 0.3 is 6.03 Å². The van der Waals surface area contributed by atoms with Crippen molar-refractivity contribution in [1.29, 1.82) is 0 Å². The van der Waals surface area contributed by atoms with Crippen LogP contribution in [0.2, 0.25) is 0 Å². The molecule has 2 aliphatic heterocycles. The van der Waals surface area contributed by atoms with E-state index in [9.17, 15) is 4.79 Å². The number of thiazole rings is 1. The van der Waals surface area contributed by atoms with Crippen LogP contribution in [0.4, 0.5) is 4.79 Å². The Balaban J connectivity index is 1.59. The van der Waals surface area contributed by atoms with Crippen LogP contribution in [0.15, 0.2) is 0 Å². The fourth-order valence-electron chi connectivity index (χ4n) is 3.70. The van der Waals surface area contributed by atoms with Crippen molar-refractivity contribution in [3.8, 4) is 0 Å². The quantitative estimate of drug-likeness (QED) is 0.909. The molecule has 0 unspecified atom stereocenters. The van der Waals surface area contributed by atoms with Crippen molar-refractivity contribution in [3.63, 3.8) is 0 Å². The summed E-state index contributed by atoms with van der Waals surface area (Å²) in [6.07, 6.45) is 3.48.